The normalized spacial score (nSPS) is 14.3. The van der Waals surface area contributed by atoms with Crippen LogP contribution in [0.3, 0.4) is 0 Å². The summed E-state index contributed by atoms with van der Waals surface area (Å²) in [7, 11) is 0. The van der Waals surface area contributed by atoms with Crippen molar-refractivity contribution in [2.45, 2.75) is 26.7 Å². The molecule has 3 aromatic rings. The van der Waals surface area contributed by atoms with Gasteiger partial charge in [0.2, 0.25) is 5.90 Å². The Morgan fingerprint density at radius 1 is 1.12 bits per heavy atom. The van der Waals surface area contributed by atoms with E-state index in [4.69, 9.17) is 25.8 Å². The van der Waals surface area contributed by atoms with Crippen LogP contribution in [0.1, 0.15) is 37.8 Å². The molecule has 0 spiro atoms. The van der Waals surface area contributed by atoms with Crippen molar-refractivity contribution in [1.29, 1.82) is 0 Å². The molecular formula is C26H22ClNO5. The van der Waals surface area contributed by atoms with Gasteiger partial charge in [-0.1, -0.05) is 54.9 Å². The highest BCUT2D eigenvalue weighted by Crippen LogP contribution is 2.38. The van der Waals surface area contributed by atoms with Gasteiger partial charge in [-0.05, 0) is 54.0 Å². The maximum Gasteiger partial charge on any atom is 0.363 e. The van der Waals surface area contributed by atoms with Crippen LogP contribution in [0.5, 0.6) is 11.5 Å². The first-order valence-electron chi connectivity index (χ1n) is 10.7. The van der Waals surface area contributed by atoms with Crippen molar-refractivity contribution in [2.24, 2.45) is 4.99 Å². The lowest BCUT2D eigenvalue weighted by Crippen LogP contribution is -2.09. The van der Waals surface area contributed by atoms with Crippen molar-refractivity contribution in [3.05, 3.63) is 76.4 Å². The molecule has 0 unspecified atom stereocenters. The molecule has 0 fully saturated rings. The number of fused-ring (bicyclic) bond motifs is 1. The molecule has 0 aromatic heterocycles. The number of carbonyl (C=O) groups excluding carboxylic acids is 2. The smallest absolute Gasteiger partial charge is 0.363 e. The van der Waals surface area contributed by atoms with Gasteiger partial charge in [-0.3, -0.25) is 4.79 Å². The van der Waals surface area contributed by atoms with E-state index in [2.05, 4.69) is 4.99 Å². The number of aliphatic imine (C=N–C) groups is 1. The van der Waals surface area contributed by atoms with Crippen molar-refractivity contribution in [2.75, 3.05) is 6.61 Å². The summed E-state index contributed by atoms with van der Waals surface area (Å²) < 4.78 is 16.5. The van der Waals surface area contributed by atoms with Crippen LogP contribution in [0, 0.1) is 0 Å². The second-order valence-corrected chi connectivity index (χ2v) is 7.76. The van der Waals surface area contributed by atoms with E-state index in [9.17, 15) is 9.59 Å². The van der Waals surface area contributed by atoms with Crippen LogP contribution in [0.2, 0.25) is 5.02 Å². The second kappa shape index (κ2) is 9.88. The van der Waals surface area contributed by atoms with Crippen LogP contribution in [0.15, 0.2) is 65.3 Å². The Hall–Kier alpha value is -3.64. The average Bonchev–Trinajstić information content (AvgIpc) is 3.16. The minimum absolute atomic E-state index is 0.132. The molecule has 0 saturated heterocycles. The Morgan fingerprint density at radius 2 is 1.91 bits per heavy atom. The Bertz CT molecular complexity index is 1290. The summed E-state index contributed by atoms with van der Waals surface area (Å²) in [6.07, 6.45) is 2.49. The highest BCUT2D eigenvalue weighted by atomic mass is 35.5. The Labute approximate surface area is 196 Å². The largest absolute Gasteiger partial charge is 0.490 e. The monoisotopic (exact) mass is 463 g/mol. The molecule has 168 valence electrons. The second-order valence-electron chi connectivity index (χ2n) is 7.35. The predicted molar refractivity (Wildman–Crippen MR) is 128 cm³/mol. The molecule has 33 heavy (non-hydrogen) atoms. The van der Waals surface area contributed by atoms with Crippen LogP contribution in [-0.2, 0) is 14.3 Å². The Morgan fingerprint density at radius 3 is 2.70 bits per heavy atom. The quantitative estimate of drug-likeness (QED) is 0.246. The third-order valence-corrected chi connectivity index (χ3v) is 5.23. The fourth-order valence-corrected chi connectivity index (χ4v) is 3.75. The molecule has 1 aliphatic rings. The zero-order valence-electron chi connectivity index (χ0n) is 18.3. The highest BCUT2D eigenvalue weighted by Gasteiger charge is 2.26. The molecule has 1 aliphatic heterocycles. The average molecular weight is 464 g/mol. The van der Waals surface area contributed by atoms with E-state index in [0.717, 1.165) is 16.3 Å². The lowest BCUT2D eigenvalue weighted by Gasteiger charge is -2.13. The topological polar surface area (TPSA) is 74.2 Å². The van der Waals surface area contributed by atoms with Gasteiger partial charge in [-0.15, -0.1) is 0 Å². The van der Waals surface area contributed by atoms with Gasteiger partial charge in [0.05, 0.1) is 11.6 Å². The first kappa shape index (κ1) is 22.6. The van der Waals surface area contributed by atoms with Gasteiger partial charge in [-0.2, -0.15) is 0 Å². The molecule has 6 nitrogen and oxygen atoms in total. The summed E-state index contributed by atoms with van der Waals surface area (Å²) in [5, 5.41) is 2.15. The van der Waals surface area contributed by atoms with Crippen LogP contribution in [0.25, 0.3) is 16.8 Å². The number of nitrogens with zero attached hydrogens (tertiary/aromatic N) is 1. The van der Waals surface area contributed by atoms with Crippen LogP contribution >= 0.6 is 11.6 Å². The van der Waals surface area contributed by atoms with Gasteiger partial charge in [0.25, 0.3) is 0 Å². The predicted octanol–water partition coefficient (Wildman–Crippen LogP) is 5.94. The third kappa shape index (κ3) is 4.91. The fraction of sp³-hybridized carbons (Fsp3) is 0.192. The number of benzene rings is 3. The molecule has 0 N–H and O–H groups in total. The van der Waals surface area contributed by atoms with E-state index in [0.29, 0.717) is 24.3 Å². The maximum absolute atomic E-state index is 12.5. The molecule has 1 heterocycles. The number of esters is 2. The number of ether oxygens (including phenoxy) is 3. The van der Waals surface area contributed by atoms with E-state index >= 15 is 0 Å². The molecule has 3 aromatic carbocycles. The number of carbonyl (C=O) groups is 2. The molecule has 0 bridgehead atoms. The van der Waals surface area contributed by atoms with Gasteiger partial charge in [0, 0.05) is 12.0 Å². The van der Waals surface area contributed by atoms with Crippen molar-refractivity contribution >= 4 is 46.3 Å². The van der Waals surface area contributed by atoms with Gasteiger partial charge < -0.3 is 14.2 Å². The highest BCUT2D eigenvalue weighted by molar-refractivity contribution is 6.32. The van der Waals surface area contributed by atoms with Crippen molar-refractivity contribution in [3.8, 4) is 11.5 Å². The lowest BCUT2D eigenvalue weighted by atomic mass is 10.0. The summed E-state index contributed by atoms with van der Waals surface area (Å²) in [4.78, 5) is 28.9. The number of hydrogen-bond acceptors (Lipinski definition) is 6. The van der Waals surface area contributed by atoms with E-state index in [1.807, 2.05) is 56.3 Å². The van der Waals surface area contributed by atoms with Crippen molar-refractivity contribution in [3.63, 3.8) is 0 Å². The number of rotatable bonds is 7. The van der Waals surface area contributed by atoms with Gasteiger partial charge in [0.15, 0.2) is 17.2 Å². The van der Waals surface area contributed by atoms with Crippen LogP contribution in [0.4, 0.5) is 0 Å². The first-order chi connectivity index (χ1) is 16.0. The summed E-state index contributed by atoms with van der Waals surface area (Å²) >= 11 is 6.39. The van der Waals surface area contributed by atoms with Crippen LogP contribution < -0.4 is 9.47 Å². The summed E-state index contributed by atoms with van der Waals surface area (Å²) in [5.74, 6) is -0.246. The summed E-state index contributed by atoms with van der Waals surface area (Å²) in [5.41, 5.74) is 1.43. The van der Waals surface area contributed by atoms with Gasteiger partial charge in [0.1, 0.15) is 0 Å². The van der Waals surface area contributed by atoms with Gasteiger partial charge in [-0.25, -0.2) is 9.79 Å². The molecular weight excluding hydrogens is 442 g/mol. The zero-order valence-corrected chi connectivity index (χ0v) is 19.0. The lowest BCUT2D eigenvalue weighted by molar-refractivity contribution is -0.134. The first-order valence-corrected chi connectivity index (χ1v) is 11.1. The SMILES string of the molecule is CCCC(=O)Oc1c(Cl)cc(/C=C2/N=C(c3cccc4ccccc34)OC2=O)cc1OCC. The number of halogens is 1. The van der Waals surface area contributed by atoms with Crippen molar-refractivity contribution in [1.82, 2.24) is 0 Å². The standard InChI is InChI=1S/C26H22ClNO5/c1-3-8-23(29)32-24-20(27)13-16(15-22(24)31-4-2)14-21-26(30)33-25(28-21)19-12-7-10-17-9-5-6-11-18(17)19/h5-7,9-15H,3-4,8H2,1-2H3/b21-14+. The molecule has 0 saturated carbocycles. The molecule has 0 amide bonds. The maximum atomic E-state index is 12.5. The summed E-state index contributed by atoms with van der Waals surface area (Å²) in [6, 6.07) is 16.8. The third-order valence-electron chi connectivity index (χ3n) is 4.95. The minimum atomic E-state index is -0.564. The molecule has 0 radical (unpaired) electrons. The Balaban J connectivity index is 1.70. The fourth-order valence-electron chi connectivity index (χ4n) is 3.50. The number of hydrogen-bond donors (Lipinski definition) is 0. The van der Waals surface area contributed by atoms with E-state index in [1.54, 1.807) is 18.2 Å². The van der Waals surface area contributed by atoms with E-state index in [-0.39, 0.29) is 28.8 Å². The van der Waals surface area contributed by atoms with E-state index < -0.39 is 11.9 Å². The number of cyclic esters (lactones) is 1. The minimum Gasteiger partial charge on any atom is -0.490 e. The molecule has 0 atom stereocenters. The molecule has 7 heteroatoms. The van der Waals surface area contributed by atoms with Crippen molar-refractivity contribution < 1.29 is 23.8 Å². The zero-order chi connectivity index (χ0) is 23.4. The van der Waals surface area contributed by atoms with E-state index in [1.165, 1.54) is 0 Å². The Kier molecular flexibility index (Phi) is 6.75. The molecule has 4 rings (SSSR count). The molecule has 0 aliphatic carbocycles. The summed E-state index contributed by atoms with van der Waals surface area (Å²) in [6.45, 7) is 4.04. The van der Waals surface area contributed by atoms with Gasteiger partial charge >= 0.3 is 11.9 Å². The van der Waals surface area contributed by atoms with Crippen LogP contribution in [-0.4, -0.2) is 24.4 Å².